The summed E-state index contributed by atoms with van der Waals surface area (Å²) >= 11 is 0. The molecule has 0 aromatic carbocycles. The zero-order chi connectivity index (χ0) is 8.53. The van der Waals surface area contributed by atoms with E-state index in [0.717, 1.165) is 25.4 Å². The van der Waals surface area contributed by atoms with Gasteiger partial charge >= 0.3 is 0 Å². The summed E-state index contributed by atoms with van der Waals surface area (Å²) in [6.07, 6.45) is 5.60. The van der Waals surface area contributed by atoms with E-state index in [1.165, 1.54) is 12.8 Å². The molecule has 1 heteroatoms. The molecule has 0 amide bonds. The highest BCUT2D eigenvalue weighted by Crippen LogP contribution is 1.97. The molecule has 0 aliphatic rings. The summed E-state index contributed by atoms with van der Waals surface area (Å²) in [4.78, 5) is 0. The van der Waals surface area contributed by atoms with E-state index < -0.39 is 0 Å². The number of allylic oxidation sites excluding steroid dienone is 1. The van der Waals surface area contributed by atoms with E-state index in [1.807, 2.05) is 6.08 Å². The smallest absolute Gasteiger partial charge is 0.00233 e. The lowest BCUT2D eigenvalue weighted by atomic mass is 10.1. The van der Waals surface area contributed by atoms with Crippen molar-refractivity contribution in [1.29, 1.82) is 0 Å². The Balaban J connectivity index is 2.95. The van der Waals surface area contributed by atoms with Gasteiger partial charge < -0.3 is 5.32 Å². The fourth-order valence-corrected chi connectivity index (χ4v) is 0.864. The average Bonchev–Trinajstić information content (AvgIpc) is 2.04. The van der Waals surface area contributed by atoms with Crippen LogP contribution in [0.25, 0.3) is 0 Å². The fourth-order valence-electron chi connectivity index (χ4n) is 0.864. The molecule has 0 spiro atoms. The Labute approximate surface area is 70.9 Å². The lowest BCUT2D eigenvalue weighted by molar-refractivity contribution is 0.496. The summed E-state index contributed by atoms with van der Waals surface area (Å²) in [5.41, 5.74) is 0. The van der Waals surface area contributed by atoms with Gasteiger partial charge in [0, 0.05) is 0 Å². The number of hydrogen-bond acceptors (Lipinski definition) is 1. The van der Waals surface area contributed by atoms with Crippen LogP contribution >= 0.6 is 0 Å². The molecule has 1 atom stereocenters. The Morgan fingerprint density at radius 2 is 2.27 bits per heavy atom. The van der Waals surface area contributed by atoms with Crippen LogP contribution in [-0.4, -0.2) is 13.1 Å². The molecular formula is C10H21N. The van der Waals surface area contributed by atoms with E-state index in [1.54, 1.807) is 0 Å². The van der Waals surface area contributed by atoms with Crippen LogP contribution in [0.5, 0.6) is 0 Å². The third-order valence-electron chi connectivity index (χ3n) is 1.95. The summed E-state index contributed by atoms with van der Waals surface area (Å²) in [5.74, 6) is 0.818. The van der Waals surface area contributed by atoms with Gasteiger partial charge in [-0.3, -0.25) is 0 Å². The Bertz CT molecular complexity index is 88.9. The molecule has 0 heterocycles. The fraction of sp³-hybridized carbons (Fsp3) is 0.800. The first-order valence-electron chi connectivity index (χ1n) is 4.62. The molecule has 66 valence electrons. The van der Waals surface area contributed by atoms with Crippen molar-refractivity contribution in [3.8, 4) is 0 Å². The van der Waals surface area contributed by atoms with Crippen LogP contribution in [0.4, 0.5) is 0 Å². The lowest BCUT2D eigenvalue weighted by Crippen LogP contribution is -2.21. The third kappa shape index (κ3) is 7.60. The highest BCUT2D eigenvalue weighted by Gasteiger charge is 1.95. The van der Waals surface area contributed by atoms with Gasteiger partial charge in [0.15, 0.2) is 0 Å². The molecule has 1 nitrogen and oxygen atoms in total. The van der Waals surface area contributed by atoms with Gasteiger partial charge in [-0.25, -0.2) is 0 Å². The molecule has 0 bridgehead atoms. The second-order valence-corrected chi connectivity index (χ2v) is 3.15. The molecule has 0 saturated heterocycles. The van der Waals surface area contributed by atoms with Crippen molar-refractivity contribution < 1.29 is 0 Å². The number of nitrogens with one attached hydrogen (secondary N) is 1. The van der Waals surface area contributed by atoms with Gasteiger partial charge in [0.2, 0.25) is 0 Å². The van der Waals surface area contributed by atoms with Crippen LogP contribution in [0.3, 0.4) is 0 Å². The van der Waals surface area contributed by atoms with Crippen LogP contribution < -0.4 is 5.32 Å². The second-order valence-electron chi connectivity index (χ2n) is 3.15. The van der Waals surface area contributed by atoms with Gasteiger partial charge in [0.05, 0.1) is 0 Å². The van der Waals surface area contributed by atoms with Crippen molar-refractivity contribution in [2.45, 2.75) is 33.1 Å². The Morgan fingerprint density at radius 3 is 2.82 bits per heavy atom. The minimum absolute atomic E-state index is 0.818. The topological polar surface area (TPSA) is 12.0 Å². The van der Waals surface area contributed by atoms with Crippen LogP contribution in [0, 0.1) is 5.92 Å². The maximum absolute atomic E-state index is 3.68. The zero-order valence-electron chi connectivity index (χ0n) is 7.90. The molecule has 0 radical (unpaired) electrons. The molecule has 1 N–H and O–H groups in total. The molecular weight excluding hydrogens is 134 g/mol. The molecule has 0 aliphatic heterocycles. The summed E-state index contributed by atoms with van der Waals surface area (Å²) in [5, 5.41) is 3.42. The summed E-state index contributed by atoms with van der Waals surface area (Å²) in [6.45, 7) is 10.5. The van der Waals surface area contributed by atoms with Crippen molar-refractivity contribution in [2.75, 3.05) is 13.1 Å². The minimum Gasteiger partial charge on any atom is -0.316 e. The monoisotopic (exact) mass is 155 g/mol. The van der Waals surface area contributed by atoms with Gasteiger partial charge in [-0.1, -0.05) is 26.3 Å². The predicted octanol–water partition coefficient (Wildman–Crippen LogP) is 2.59. The summed E-state index contributed by atoms with van der Waals surface area (Å²) in [6, 6.07) is 0. The first-order valence-corrected chi connectivity index (χ1v) is 4.62. The van der Waals surface area contributed by atoms with Gasteiger partial charge in [0.25, 0.3) is 0 Å². The van der Waals surface area contributed by atoms with Gasteiger partial charge in [-0.05, 0) is 31.8 Å². The largest absolute Gasteiger partial charge is 0.316 e. The normalized spacial score (nSPS) is 12.9. The van der Waals surface area contributed by atoms with Crippen molar-refractivity contribution in [3.63, 3.8) is 0 Å². The van der Waals surface area contributed by atoms with Gasteiger partial charge in [-0.15, -0.1) is 6.58 Å². The third-order valence-corrected chi connectivity index (χ3v) is 1.95. The first kappa shape index (κ1) is 10.7. The van der Waals surface area contributed by atoms with Crippen molar-refractivity contribution in [3.05, 3.63) is 12.7 Å². The van der Waals surface area contributed by atoms with Crippen molar-refractivity contribution in [2.24, 2.45) is 5.92 Å². The van der Waals surface area contributed by atoms with Gasteiger partial charge in [0.1, 0.15) is 0 Å². The number of unbranched alkanes of at least 4 members (excludes halogenated alkanes) is 1. The van der Waals surface area contributed by atoms with Crippen LogP contribution in [0.1, 0.15) is 33.1 Å². The van der Waals surface area contributed by atoms with Crippen molar-refractivity contribution in [1.82, 2.24) is 5.32 Å². The van der Waals surface area contributed by atoms with Crippen LogP contribution in [-0.2, 0) is 0 Å². The van der Waals surface area contributed by atoms with E-state index in [9.17, 15) is 0 Å². The van der Waals surface area contributed by atoms with E-state index in [2.05, 4.69) is 25.7 Å². The summed E-state index contributed by atoms with van der Waals surface area (Å²) < 4.78 is 0. The van der Waals surface area contributed by atoms with E-state index in [0.29, 0.717) is 0 Å². The molecule has 0 aliphatic carbocycles. The van der Waals surface area contributed by atoms with Gasteiger partial charge in [-0.2, -0.15) is 0 Å². The number of hydrogen-bond donors (Lipinski definition) is 1. The minimum atomic E-state index is 0.818. The average molecular weight is 155 g/mol. The highest BCUT2D eigenvalue weighted by molar-refractivity contribution is 4.66. The lowest BCUT2D eigenvalue weighted by Gasteiger charge is -2.08. The predicted molar refractivity (Wildman–Crippen MR) is 51.8 cm³/mol. The van der Waals surface area contributed by atoms with E-state index in [-0.39, 0.29) is 0 Å². The quantitative estimate of drug-likeness (QED) is 0.440. The molecule has 0 aromatic heterocycles. The van der Waals surface area contributed by atoms with Crippen LogP contribution in [0.2, 0.25) is 0 Å². The van der Waals surface area contributed by atoms with E-state index in [4.69, 9.17) is 0 Å². The molecule has 0 fully saturated rings. The maximum atomic E-state index is 3.68. The van der Waals surface area contributed by atoms with Crippen LogP contribution in [0.15, 0.2) is 12.7 Å². The highest BCUT2D eigenvalue weighted by atomic mass is 14.8. The standard InChI is InChI=1S/C10H21N/c1-4-6-7-8-11-9-10(3)5-2/h4,10-11H,1,5-9H2,2-3H3/t10-/m0/s1. The molecule has 0 unspecified atom stereocenters. The Kier molecular flexibility index (Phi) is 7.59. The molecule has 0 rings (SSSR count). The maximum Gasteiger partial charge on any atom is -0.00233 e. The molecule has 11 heavy (non-hydrogen) atoms. The second kappa shape index (κ2) is 7.80. The zero-order valence-corrected chi connectivity index (χ0v) is 7.90. The van der Waals surface area contributed by atoms with E-state index >= 15 is 0 Å². The number of rotatable bonds is 7. The molecule has 0 saturated carbocycles. The molecule has 0 aromatic rings. The Hall–Kier alpha value is -0.300. The summed E-state index contributed by atoms with van der Waals surface area (Å²) in [7, 11) is 0. The SMILES string of the molecule is C=CCCCNC[C@@H](C)CC. The van der Waals surface area contributed by atoms with Crippen molar-refractivity contribution >= 4 is 0 Å². The first-order chi connectivity index (χ1) is 5.31. The Morgan fingerprint density at radius 1 is 1.55 bits per heavy atom.